The van der Waals surface area contributed by atoms with E-state index in [0.717, 1.165) is 0 Å². The molecule has 2 amide bonds. The van der Waals surface area contributed by atoms with Gasteiger partial charge in [-0.05, 0) is 38.6 Å². The molecule has 0 bridgehead atoms. The predicted octanol–water partition coefficient (Wildman–Crippen LogP) is -2.52. The van der Waals surface area contributed by atoms with Crippen LogP contribution < -0.4 is 33.6 Å². The van der Waals surface area contributed by atoms with Gasteiger partial charge in [-0.2, -0.15) is 12.6 Å². The van der Waals surface area contributed by atoms with Gasteiger partial charge in [0.2, 0.25) is 11.8 Å². The van der Waals surface area contributed by atoms with Crippen LogP contribution in [0.3, 0.4) is 0 Å². The summed E-state index contributed by atoms with van der Waals surface area (Å²) in [5, 5.41) is 14.0. The van der Waals surface area contributed by atoms with Crippen LogP contribution in [0.15, 0.2) is 4.99 Å². The number of guanidine groups is 1. The minimum atomic E-state index is -1.21. The number of thiol groups is 1. The van der Waals surface area contributed by atoms with Crippen molar-refractivity contribution in [3.8, 4) is 0 Å². The van der Waals surface area contributed by atoms with Crippen molar-refractivity contribution in [3.05, 3.63) is 0 Å². The first-order valence-corrected chi connectivity index (χ1v) is 9.31. The van der Waals surface area contributed by atoms with Gasteiger partial charge in [0.15, 0.2) is 5.96 Å². The number of rotatable bonds is 14. The Kier molecular flexibility index (Phi) is 13.0. The van der Waals surface area contributed by atoms with Gasteiger partial charge >= 0.3 is 5.97 Å². The second-order valence-electron chi connectivity index (χ2n) is 5.98. The molecule has 0 aromatic rings. The maximum Gasteiger partial charge on any atom is 0.327 e. The summed E-state index contributed by atoms with van der Waals surface area (Å²) >= 11 is 3.90. The molecule has 0 aliphatic rings. The third-order valence-corrected chi connectivity index (χ3v) is 4.05. The molecular weight excluding hydrogens is 374 g/mol. The van der Waals surface area contributed by atoms with Gasteiger partial charge in [0.25, 0.3) is 0 Å². The molecule has 0 saturated heterocycles. The number of aliphatic carboxylic acids is 1. The van der Waals surface area contributed by atoms with Crippen molar-refractivity contribution in [2.75, 3.05) is 18.8 Å². The van der Waals surface area contributed by atoms with Crippen LogP contribution in [0.4, 0.5) is 0 Å². The predicted molar refractivity (Wildman–Crippen MR) is 106 cm³/mol. The first-order chi connectivity index (χ1) is 12.7. The Bertz CT molecular complexity index is 514. The van der Waals surface area contributed by atoms with E-state index in [2.05, 4.69) is 28.3 Å². The van der Waals surface area contributed by atoms with Crippen molar-refractivity contribution in [1.82, 2.24) is 10.6 Å². The Labute approximate surface area is 164 Å². The highest BCUT2D eigenvalue weighted by molar-refractivity contribution is 7.80. The minimum Gasteiger partial charge on any atom is -0.480 e. The molecule has 0 aromatic carbocycles. The number of nitrogens with one attached hydrogen (secondary N) is 2. The number of carbonyl (C=O) groups excluding carboxylic acids is 2. The van der Waals surface area contributed by atoms with Crippen LogP contribution >= 0.6 is 12.6 Å². The van der Waals surface area contributed by atoms with Crippen LogP contribution in [0.1, 0.15) is 32.1 Å². The van der Waals surface area contributed by atoms with Crippen LogP contribution in [-0.2, 0) is 14.4 Å². The lowest BCUT2D eigenvalue weighted by Crippen LogP contribution is -2.54. The maximum atomic E-state index is 12.4. The Balaban J connectivity index is 4.77. The van der Waals surface area contributed by atoms with Gasteiger partial charge in [-0.15, -0.1) is 0 Å². The normalized spacial score (nSPS) is 13.9. The fraction of sp³-hybridized carbons (Fsp3) is 0.733. The van der Waals surface area contributed by atoms with Gasteiger partial charge < -0.3 is 38.7 Å². The molecule has 12 heteroatoms. The van der Waals surface area contributed by atoms with Crippen molar-refractivity contribution in [1.29, 1.82) is 0 Å². The van der Waals surface area contributed by atoms with Crippen LogP contribution in [0, 0.1) is 0 Å². The number of carbonyl (C=O) groups is 3. The van der Waals surface area contributed by atoms with Gasteiger partial charge in [-0.3, -0.25) is 14.6 Å². The average molecular weight is 406 g/mol. The molecule has 0 unspecified atom stereocenters. The molecule has 0 spiro atoms. The zero-order chi connectivity index (χ0) is 20.8. The number of aliphatic imine (C=N–C) groups is 1. The number of carboxylic acids is 1. The van der Waals surface area contributed by atoms with E-state index < -0.39 is 35.9 Å². The number of nitrogens with two attached hydrogens (primary N) is 4. The highest BCUT2D eigenvalue weighted by atomic mass is 32.1. The minimum absolute atomic E-state index is 0.0400. The van der Waals surface area contributed by atoms with E-state index in [-0.39, 0.29) is 11.7 Å². The molecule has 0 heterocycles. The number of carboxylic acid groups (broad SMARTS) is 1. The van der Waals surface area contributed by atoms with E-state index in [1.807, 2.05) is 0 Å². The smallest absolute Gasteiger partial charge is 0.327 e. The summed E-state index contributed by atoms with van der Waals surface area (Å²) in [6, 6.07) is -2.90. The fourth-order valence-corrected chi connectivity index (χ4v) is 2.40. The number of unbranched alkanes of at least 4 members (excludes halogenated alkanes) is 1. The van der Waals surface area contributed by atoms with Crippen molar-refractivity contribution < 1.29 is 19.5 Å². The van der Waals surface area contributed by atoms with Gasteiger partial charge in [0.05, 0.1) is 6.04 Å². The van der Waals surface area contributed by atoms with Crippen LogP contribution in [-0.4, -0.2) is 65.8 Å². The van der Waals surface area contributed by atoms with E-state index in [1.54, 1.807) is 0 Å². The highest BCUT2D eigenvalue weighted by Gasteiger charge is 2.26. The molecule has 0 saturated carbocycles. The fourth-order valence-electron chi connectivity index (χ4n) is 2.15. The summed E-state index contributed by atoms with van der Waals surface area (Å²) in [5.41, 5.74) is 21.7. The molecule has 156 valence electrons. The summed E-state index contributed by atoms with van der Waals surface area (Å²) in [6.45, 7) is 0.785. The third-order valence-electron chi connectivity index (χ3n) is 3.68. The molecule has 0 radical (unpaired) electrons. The van der Waals surface area contributed by atoms with E-state index in [1.165, 1.54) is 0 Å². The lowest BCUT2D eigenvalue weighted by molar-refractivity contribution is -0.141. The second-order valence-corrected chi connectivity index (χ2v) is 6.35. The quantitative estimate of drug-likeness (QED) is 0.0666. The lowest BCUT2D eigenvalue weighted by atomic mass is 10.1. The van der Waals surface area contributed by atoms with Crippen LogP contribution in [0.25, 0.3) is 0 Å². The van der Waals surface area contributed by atoms with Crippen molar-refractivity contribution in [3.63, 3.8) is 0 Å². The van der Waals surface area contributed by atoms with E-state index in [9.17, 15) is 14.4 Å². The molecule has 0 aromatic heterocycles. The second kappa shape index (κ2) is 14.1. The Hall–Kier alpha value is -2.05. The van der Waals surface area contributed by atoms with Crippen LogP contribution in [0.5, 0.6) is 0 Å². The Morgan fingerprint density at radius 3 is 2.15 bits per heavy atom. The molecule has 0 aliphatic carbocycles. The van der Waals surface area contributed by atoms with E-state index in [4.69, 9.17) is 28.0 Å². The largest absolute Gasteiger partial charge is 0.480 e. The summed E-state index contributed by atoms with van der Waals surface area (Å²) in [6.07, 6.45) is 2.40. The van der Waals surface area contributed by atoms with Crippen molar-refractivity contribution in [2.24, 2.45) is 27.9 Å². The number of hydrogen-bond donors (Lipinski definition) is 8. The first-order valence-electron chi connectivity index (χ1n) is 8.68. The zero-order valence-electron chi connectivity index (χ0n) is 15.3. The van der Waals surface area contributed by atoms with E-state index >= 15 is 0 Å². The monoisotopic (exact) mass is 405 g/mol. The topological polar surface area (TPSA) is 212 Å². The highest BCUT2D eigenvalue weighted by Crippen LogP contribution is 2.04. The summed E-state index contributed by atoms with van der Waals surface area (Å²) in [5.74, 6) is -2.43. The van der Waals surface area contributed by atoms with Crippen LogP contribution in [0.2, 0.25) is 0 Å². The number of amides is 2. The van der Waals surface area contributed by atoms with Crippen molar-refractivity contribution in [2.45, 2.75) is 50.2 Å². The Morgan fingerprint density at radius 2 is 1.63 bits per heavy atom. The molecule has 0 fully saturated rings. The standard InChI is InChI=1S/C15H31N7O4S/c16-6-2-1-5-10(13(24)22-11(8-27)14(25)26)21-12(23)9(17)4-3-7-20-15(18)19/h9-11,27H,1-8,16-17H2,(H,21,23)(H,22,24)(H,25,26)(H4,18,19,20)/t9-,10-,11-/m0/s1. The average Bonchev–Trinajstić information content (AvgIpc) is 2.61. The summed E-state index contributed by atoms with van der Waals surface area (Å²) in [7, 11) is 0. The van der Waals surface area contributed by atoms with Gasteiger partial charge in [-0.1, -0.05) is 0 Å². The number of nitrogens with zero attached hydrogens (tertiary/aromatic N) is 1. The zero-order valence-corrected chi connectivity index (χ0v) is 16.2. The molecule has 11 N–H and O–H groups in total. The van der Waals surface area contributed by atoms with Gasteiger partial charge in [0.1, 0.15) is 12.1 Å². The molecule has 3 atom stereocenters. The van der Waals surface area contributed by atoms with Gasteiger partial charge in [0, 0.05) is 12.3 Å². The lowest BCUT2D eigenvalue weighted by Gasteiger charge is -2.22. The number of hydrogen-bond acceptors (Lipinski definition) is 7. The SMILES string of the molecule is NCCCC[C@H](NC(=O)[C@@H](N)CCCN=C(N)N)C(=O)N[C@@H](CS)C(=O)O. The third kappa shape index (κ3) is 11.3. The Morgan fingerprint density at radius 1 is 1.00 bits per heavy atom. The molecule has 0 aliphatic heterocycles. The molecular formula is C15H31N7O4S. The van der Waals surface area contributed by atoms with Gasteiger partial charge in [-0.25, -0.2) is 4.79 Å². The summed E-state index contributed by atoms with van der Waals surface area (Å²) in [4.78, 5) is 39.5. The van der Waals surface area contributed by atoms with Crippen molar-refractivity contribution >= 4 is 36.4 Å². The summed E-state index contributed by atoms with van der Waals surface area (Å²) < 4.78 is 0. The van der Waals surface area contributed by atoms with E-state index in [0.29, 0.717) is 45.2 Å². The molecule has 27 heavy (non-hydrogen) atoms. The molecule has 11 nitrogen and oxygen atoms in total. The first kappa shape index (κ1) is 24.9. The maximum absolute atomic E-state index is 12.4. The molecule has 0 rings (SSSR count).